The van der Waals surface area contributed by atoms with Crippen molar-refractivity contribution in [2.45, 2.75) is 19.0 Å². The van der Waals surface area contributed by atoms with Gasteiger partial charge in [-0.05, 0) is 34.3 Å². The van der Waals surface area contributed by atoms with Gasteiger partial charge in [0.2, 0.25) is 0 Å². The molecule has 0 aliphatic carbocycles. The number of hydrogen-bond acceptors (Lipinski definition) is 2. The summed E-state index contributed by atoms with van der Waals surface area (Å²) in [5.74, 6) is 1.03. The van der Waals surface area contributed by atoms with Crippen LogP contribution in [0.1, 0.15) is 11.8 Å². The van der Waals surface area contributed by atoms with Crippen LogP contribution in [0, 0.1) is 0 Å². The first-order chi connectivity index (χ1) is 6.61. The van der Waals surface area contributed by atoms with Crippen LogP contribution in [0.5, 0.6) is 0 Å². The van der Waals surface area contributed by atoms with Crippen molar-refractivity contribution in [3.8, 4) is 0 Å². The molecule has 0 amide bonds. The molecule has 0 saturated heterocycles. The Bertz CT molecular complexity index is 286. The highest BCUT2D eigenvalue weighted by atomic mass is 79.9. The molecular formula is C9H12BrCl2NS. The molecule has 1 N–H and O–H groups in total. The van der Waals surface area contributed by atoms with Crippen molar-refractivity contribution in [3.63, 3.8) is 0 Å². The van der Waals surface area contributed by atoms with Gasteiger partial charge >= 0.3 is 0 Å². The van der Waals surface area contributed by atoms with Crippen molar-refractivity contribution in [1.82, 2.24) is 5.32 Å². The van der Waals surface area contributed by atoms with Crippen LogP contribution in [-0.2, 0) is 6.54 Å². The maximum atomic E-state index is 5.83. The highest BCUT2D eigenvalue weighted by Gasteiger charge is 2.21. The number of thiophene rings is 1. The minimum absolute atomic E-state index is 0.188. The average Bonchev–Trinajstić information content (AvgIpc) is 2.61. The summed E-state index contributed by atoms with van der Waals surface area (Å²) in [6.07, 6.45) is 0. The predicted molar refractivity (Wildman–Crippen MR) is 68.7 cm³/mol. The largest absolute Gasteiger partial charge is 0.304 e. The Morgan fingerprint density at radius 2 is 2.14 bits per heavy atom. The van der Waals surface area contributed by atoms with Gasteiger partial charge in [-0.15, -0.1) is 34.5 Å². The molecule has 0 aliphatic heterocycles. The van der Waals surface area contributed by atoms with Crippen LogP contribution in [0.2, 0.25) is 0 Å². The molecule has 0 saturated carbocycles. The molecule has 0 aromatic carbocycles. The molecule has 0 bridgehead atoms. The number of hydrogen-bond donors (Lipinski definition) is 1. The summed E-state index contributed by atoms with van der Waals surface area (Å²) in [7, 11) is 0. The second kappa shape index (κ2) is 5.71. The lowest BCUT2D eigenvalue weighted by Crippen LogP contribution is -2.45. The Labute approximate surface area is 107 Å². The first-order valence-corrected chi connectivity index (χ1v) is 6.94. The summed E-state index contributed by atoms with van der Waals surface area (Å²) >= 11 is 16.9. The Hall–Kier alpha value is 0.720. The average molecular weight is 317 g/mol. The van der Waals surface area contributed by atoms with Gasteiger partial charge in [0.1, 0.15) is 0 Å². The zero-order valence-electron chi connectivity index (χ0n) is 7.82. The Balaban J connectivity index is 2.52. The Kier molecular flexibility index (Phi) is 5.21. The summed E-state index contributed by atoms with van der Waals surface area (Å²) < 4.78 is 1.14. The standard InChI is InChI=1S/C9H12BrCl2NS/c1-9(5-11,6-12)13-4-8-7(10)2-3-14-8/h2-3,13H,4-6H2,1H3. The van der Waals surface area contributed by atoms with E-state index in [9.17, 15) is 0 Å². The fourth-order valence-electron chi connectivity index (χ4n) is 0.875. The number of alkyl halides is 2. The molecule has 0 radical (unpaired) electrons. The first kappa shape index (κ1) is 12.8. The Morgan fingerprint density at radius 3 is 2.57 bits per heavy atom. The number of nitrogens with one attached hydrogen (secondary N) is 1. The van der Waals surface area contributed by atoms with E-state index >= 15 is 0 Å². The second-order valence-corrected chi connectivity index (χ2v) is 5.76. The molecule has 1 aromatic heterocycles. The SMILES string of the molecule is CC(CCl)(CCl)NCc1sccc1Br. The van der Waals surface area contributed by atoms with E-state index in [2.05, 4.69) is 26.6 Å². The van der Waals surface area contributed by atoms with Crippen LogP contribution >= 0.6 is 50.5 Å². The summed E-state index contributed by atoms with van der Waals surface area (Å²) in [6.45, 7) is 2.82. The van der Waals surface area contributed by atoms with E-state index in [0.29, 0.717) is 11.8 Å². The van der Waals surface area contributed by atoms with E-state index in [1.54, 1.807) is 11.3 Å². The van der Waals surface area contributed by atoms with Crippen molar-refractivity contribution in [1.29, 1.82) is 0 Å². The van der Waals surface area contributed by atoms with E-state index in [1.165, 1.54) is 4.88 Å². The van der Waals surface area contributed by atoms with E-state index in [0.717, 1.165) is 11.0 Å². The third kappa shape index (κ3) is 3.38. The fourth-order valence-corrected chi connectivity index (χ4v) is 2.78. The molecule has 1 nitrogen and oxygen atoms in total. The van der Waals surface area contributed by atoms with Crippen molar-refractivity contribution < 1.29 is 0 Å². The molecule has 0 aliphatic rings. The molecule has 5 heteroatoms. The van der Waals surface area contributed by atoms with Crippen LogP contribution in [0.3, 0.4) is 0 Å². The first-order valence-electron chi connectivity index (χ1n) is 4.20. The van der Waals surface area contributed by atoms with E-state index in [-0.39, 0.29) is 5.54 Å². The van der Waals surface area contributed by atoms with Crippen LogP contribution in [0.15, 0.2) is 15.9 Å². The summed E-state index contributed by atoms with van der Waals surface area (Å²) in [5, 5.41) is 5.41. The molecule has 0 fully saturated rings. The second-order valence-electron chi connectivity index (χ2n) is 3.37. The number of halogens is 3. The smallest absolute Gasteiger partial charge is 0.0428 e. The highest BCUT2D eigenvalue weighted by Crippen LogP contribution is 2.23. The lowest BCUT2D eigenvalue weighted by atomic mass is 10.1. The van der Waals surface area contributed by atoms with E-state index in [4.69, 9.17) is 23.2 Å². The summed E-state index contributed by atoms with van der Waals surface area (Å²) in [5.41, 5.74) is -0.188. The molecule has 1 heterocycles. The van der Waals surface area contributed by atoms with Gasteiger partial charge in [0.15, 0.2) is 0 Å². The predicted octanol–water partition coefficient (Wildman–Crippen LogP) is 3.84. The lowest BCUT2D eigenvalue weighted by molar-refractivity contribution is 0.436. The summed E-state index contributed by atoms with van der Waals surface area (Å²) in [6, 6.07) is 2.04. The van der Waals surface area contributed by atoms with Gasteiger partial charge in [-0.1, -0.05) is 0 Å². The summed E-state index contributed by atoms with van der Waals surface area (Å²) in [4.78, 5) is 1.27. The molecule has 1 rings (SSSR count). The highest BCUT2D eigenvalue weighted by molar-refractivity contribution is 9.10. The zero-order chi connectivity index (χ0) is 10.6. The molecule has 0 spiro atoms. The third-order valence-electron chi connectivity index (χ3n) is 1.96. The zero-order valence-corrected chi connectivity index (χ0v) is 11.7. The topological polar surface area (TPSA) is 12.0 Å². The normalized spacial score (nSPS) is 12.0. The fraction of sp³-hybridized carbons (Fsp3) is 0.556. The number of rotatable bonds is 5. The maximum Gasteiger partial charge on any atom is 0.0428 e. The van der Waals surface area contributed by atoms with Gasteiger partial charge in [-0.3, -0.25) is 0 Å². The van der Waals surface area contributed by atoms with Gasteiger partial charge in [-0.25, -0.2) is 0 Å². The van der Waals surface area contributed by atoms with Crippen molar-refractivity contribution in [2.75, 3.05) is 11.8 Å². The van der Waals surface area contributed by atoms with Crippen LogP contribution in [0.4, 0.5) is 0 Å². The van der Waals surface area contributed by atoms with E-state index < -0.39 is 0 Å². The lowest BCUT2D eigenvalue weighted by Gasteiger charge is -2.25. The molecule has 80 valence electrons. The third-order valence-corrected chi connectivity index (χ3v) is 5.06. The van der Waals surface area contributed by atoms with Crippen molar-refractivity contribution in [2.24, 2.45) is 0 Å². The molecule has 0 atom stereocenters. The minimum atomic E-state index is -0.188. The van der Waals surface area contributed by atoms with Gasteiger partial charge in [-0.2, -0.15) is 0 Å². The van der Waals surface area contributed by atoms with Crippen LogP contribution in [-0.4, -0.2) is 17.3 Å². The van der Waals surface area contributed by atoms with Gasteiger partial charge in [0.05, 0.1) is 0 Å². The van der Waals surface area contributed by atoms with Crippen LogP contribution in [0.25, 0.3) is 0 Å². The van der Waals surface area contributed by atoms with Gasteiger partial charge in [0, 0.05) is 33.2 Å². The molecular weight excluding hydrogens is 305 g/mol. The minimum Gasteiger partial charge on any atom is -0.304 e. The monoisotopic (exact) mass is 315 g/mol. The van der Waals surface area contributed by atoms with Gasteiger partial charge in [0.25, 0.3) is 0 Å². The quantitative estimate of drug-likeness (QED) is 0.814. The maximum absolute atomic E-state index is 5.83. The Morgan fingerprint density at radius 1 is 1.50 bits per heavy atom. The molecule has 14 heavy (non-hydrogen) atoms. The van der Waals surface area contributed by atoms with Crippen LogP contribution < -0.4 is 5.32 Å². The van der Waals surface area contributed by atoms with E-state index in [1.807, 2.05) is 13.0 Å². The molecule has 0 unspecified atom stereocenters. The van der Waals surface area contributed by atoms with Crippen molar-refractivity contribution in [3.05, 3.63) is 20.8 Å². The molecule has 1 aromatic rings. The van der Waals surface area contributed by atoms with Gasteiger partial charge < -0.3 is 5.32 Å². The van der Waals surface area contributed by atoms with Crippen molar-refractivity contribution >= 4 is 50.5 Å².